The van der Waals surface area contributed by atoms with Crippen LogP contribution in [-0.2, 0) is 14.8 Å². The molecule has 1 atom stereocenters. The Morgan fingerprint density at radius 2 is 2.05 bits per heavy atom. The number of benzene rings is 1. The molecule has 1 aromatic rings. The summed E-state index contributed by atoms with van der Waals surface area (Å²) in [6.45, 7) is 0. The van der Waals surface area contributed by atoms with Crippen LogP contribution in [0, 0.1) is 0 Å². The molecule has 0 amide bonds. The largest absolute Gasteiger partial charge is 0.497 e. The van der Waals surface area contributed by atoms with E-state index < -0.39 is 16.1 Å². The van der Waals surface area contributed by atoms with Gasteiger partial charge in [-0.3, -0.25) is 4.79 Å². The van der Waals surface area contributed by atoms with E-state index in [1.165, 1.54) is 26.4 Å². The molecule has 0 spiro atoms. The zero-order chi connectivity index (χ0) is 14.8. The van der Waals surface area contributed by atoms with Crippen LogP contribution in [0.2, 0.25) is 0 Å². The first kappa shape index (κ1) is 15.1. The molecule has 1 aliphatic rings. The number of hydrogen-bond donors (Lipinski definition) is 1. The van der Waals surface area contributed by atoms with Gasteiger partial charge in [-0.1, -0.05) is 11.8 Å². The Morgan fingerprint density at radius 1 is 1.30 bits per heavy atom. The van der Waals surface area contributed by atoms with Crippen molar-refractivity contribution in [2.75, 3.05) is 20.0 Å². The molecular weight excluding hydrogens is 302 g/mol. The number of thioether (sulfide) groups is 1. The monoisotopic (exact) mass is 317 g/mol. The van der Waals surface area contributed by atoms with E-state index in [1.54, 1.807) is 6.07 Å². The van der Waals surface area contributed by atoms with Gasteiger partial charge in [0.15, 0.2) is 0 Å². The Bertz CT molecular complexity index is 614. The van der Waals surface area contributed by atoms with Crippen molar-refractivity contribution in [2.24, 2.45) is 0 Å². The van der Waals surface area contributed by atoms with E-state index in [-0.39, 0.29) is 15.8 Å². The van der Waals surface area contributed by atoms with Gasteiger partial charge in [0.1, 0.15) is 16.4 Å². The van der Waals surface area contributed by atoms with Crippen molar-refractivity contribution in [3.63, 3.8) is 0 Å². The number of sulfonamides is 1. The second kappa shape index (κ2) is 6.02. The molecule has 0 aliphatic carbocycles. The van der Waals surface area contributed by atoms with E-state index in [0.717, 1.165) is 11.8 Å². The Balaban J connectivity index is 2.35. The first-order valence-corrected chi connectivity index (χ1v) is 8.36. The van der Waals surface area contributed by atoms with Crippen LogP contribution in [0.4, 0.5) is 0 Å². The summed E-state index contributed by atoms with van der Waals surface area (Å²) < 4.78 is 37.2. The molecule has 0 radical (unpaired) electrons. The number of methoxy groups -OCH3 is 2. The lowest BCUT2D eigenvalue weighted by molar-refractivity contribution is -0.111. The van der Waals surface area contributed by atoms with Crippen LogP contribution >= 0.6 is 11.8 Å². The third-order valence-corrected chi connectivity index (χ3v) is 5.39. The third-order valence-electron chi connectivity index (χ3n) is 2.89. The quantitative estimate of drug-likeness (QED) is 0.873. The zero-order valence-electron chi connectivity index (χ0n) is 11.1. The van der Waals surface area contributed by atoms with Gasteiger partial charge in [-0.15, -0.1) is 0 Å². The van der Waals surface area contributed by atoms with Crippen LogP contribution in [0.15, 0.2) is 23.1 Å². The highest BCUT2D eigenvalue weighted by Crippen LogP contribution is 2.29. The molecule has 0 aromatic heterocycles. The fraction of sp³-hybridized carbons (Fsp3) is 0.417. The van der Waals surface area contributed by atoms with Crippen LogP contribution in [0.3, 0.4) is 0 Å². The number of carbonyl (C=O) groups is 1. The maximum atomic E-state index is 12.4. The first-order chi connectivity index (χ1) is 9.47. The number of hydrogen-bond acceptors (Lipinski definition) is 6. The van der Waals surface area contributed by atoms with Gasteiger partial charge in [0.25, 0.3) is 0 Å². The van der Waals surface area contributed by atoms with Gasteiger partial charge in [0.05, 0.1) is 20.3 Å². The normalized spacial score (nSPS) is 19.1. The highest BCUT2D eigenvalue weighted by molar-refractivity contribution is 8.14. The van der Waals surface area contributed by atoms with Gasteiger partial charge >= 0.3 is 0 Å². The molecule has 1 N–H and O–H groups in total. The molecule has 1 heterocycles. The molecule has 1 aliphatic heterocycles. The van der Waals surface area contributed by atoms with E-state index in [4.69, 9.17) is 9.47 Å². The van der Waals surface area contributed by atoms with Gasteiger partial charge in [0, 0.05) is 11.8 Å². The minimum atomic E-state index is -3.84. The number of nitrogens with one attached hydrogen (secondary N) is 1. The molecule has 2 rings (SSSR count). The summed E-state index contributed by atoms with van der Waals surface area (Å²) in [4.78, 5) is 11.5. The third kappa shape index (κ3) is 3.08. The number of carbonyl (C=O) groups excluding carboxylic acids is 1. The summed E-state index contributed by atoms with van der Waals surface area (Å²) in [5, 5.41) is -0.157. The van der Waals surface area contributed by atoms with E-state index in [0.29, 0.717) is 17.9 Å². The standard InChI is InChI=1S/C12H15NO5S2/c1-17-8-3-4-10(18-2)11(7-8)20(15,16)13-9-5-6-19-12(9)14/h3-4,7,9,13H,5-6H2,1-2H3. The van der Waals surface area contributed by atoms with Gasteiger partial charge < -0.3 is 9.47 Å². The molecule has 1 aromatic carbocycles. The summed E-state index contributed by atoms with van der Waals surface area (Å²) >= 11 is 1.14. The van der Waals surface area contributed by atoms with Crippen molar-refractivity contribution in [2.45, 2.75) is 17.4 Å². The van der Waals surface area contributed by atoms with Crippen LogP contribution in [0.5, 0.6) is 11.5 Å². The summed E-state index contributed by atoms with van der Waals surface area (Å²) in [5.74, 6) is 1.23. The summed E-state index contributed by atoms with van der Waals surface area (Å²) in [6, 6.07) is 3.81. The molecule has 1 saturated heterocycles. The number of ether oxygens (including phenoxy) is 2. The maximum Gasteiger partial charge on any atom is 0.245 e. The molecule has 110 valence electrons. The fourth-order valence-electron chi connectivity index (χ4n) is 1.85. The van der Waals surface area contributed by atoms with Gasteiger partial charge in [-0.05, 0) is 18.6 Å². The van der Waals surface area contributed by atoms with Crippen molar-refractivity contribution < 1.29 is 22.7 Å². The Kier molecular flexibility index (Phi) is 4.56. The SMILES string of the molecule is COc1ccc(OC)c(S(=O)(=O)NC2CCSC2=O)c1. The lowest BCUT2D eigenvalue weighted by atomic mass is 10.3. The highest BCUT2D eigenvalue weighted by Gasteiger charge is 2.31. The van der Waals surface area contributed by atoms with Crippen LogP contribution in [0.1, 0.15) is 6.42 Å². The molecule has 0 bridgehead atoms. The summed E-state index contributed by atoms with van der Waals surface area (Å²) in [6.07, 6.45) is 0.495. The lowest BCUT2D eigenvalue weighted by Crippen LogP contribution is -2.37. The smallest absolute Gasteiger partial charge is 0.245 e. The predicted molar refractivity (Wildman–Crippen MR) is 75.7 cm³/mol. The fourth-order valence-corrected chi connectivity index (χ4v) is 4.27. The minimum Gasteiger partial charge on any atom is -0.497 e. The van der Waals surface area contributed by atoms with Gasteiger partial charge in [-0.2, -0.15) is 4.72 Å². The van der Waals surface area contributed by atoms with E-state index in [1.807, 2.05) is 0 Å². The van der Waals surface area contributed by atoms with Crippen molar-refractivity contribution >= 4 is 26.9 Å². The zero-order valence-corrected chi connectivity index (χ0v) is 12.7. The van der Waals surface area contributed by atoms with Crippen LogP contribution in [0.25, 0.3) is 0 Å². The van der Waals surface area contributed by atoms with E-state index in [9.17, 15) is 13.2 Å². The molecule has 1 unspecified atom stereocenters. The summed E-state index contributed by atoms with van der Waals surface area (Å²) in [5.41, 5.74) is 0. The minimum absolute atomic E-state index is 0.0379. The molecule has 0 saturated carbocycles. The molecule has 1 fully saturated rings. The van der Waals surface area contributed by atoms with Crippen molar-refractivity contribution in [3.05, 3.63) is 18.2 Å². The Labute approximate surface area is 121 Å². The average Bonchev–Trinajstić information content (AvgIpc) is 2.83. The van der Waals surface area contributed by atoms with Gasteiger partial charge in [-0.25, -0.2) is 8.42 Å². The van der Waals surface area contributed by atoms with E-state index >= 15 is 0 Å². The van der Waals surface area contributed by atoms with Crippen LogP contribution < -0.4 is 14.2 Å². The van der Waals surface area contributed by atoms with E-state index in [2.05, 4.69) is 4.72 Å². The Hall–Kier alpha value is -1.25. The second-order valence-electron chi connectivity index (χ2n) is 4.15. The average molecular weight is 317 g/mol. The van der Waals surface area contributed by atoms with Crippen molar-refractivity contribution in [1.82, 2.24) is 4.72 Å². The lowest BCUT2D eigenvalue weighted by Gasteiger charge is -2.14. The maximum absolute atomic E-state index is 12.4. The molecule has 20 heavy (non-hydrogen) atoms. The molecular formula is C12H15NO5S2. The second-order valence-corrected chi connectivity index (χ2v) is 6.93. The Morgan fingerprint density at radius 3 is 2.60 bits per heavy atom. The molecule has 8 heteroatoms. The topological polar surface area (TPSA) is 81.7 Å². The van der Waals surface area contributed by atoms with Crippen molar-refractivity contribution in [1.29, 1.82) is 0 Å². The summed E-state index contributed by atoms with van der Waals surface area (Å²) in [7, 11) is -1.01. The predicted octanol–water partition coefficient (Wildman–Crippen LogP) is 1.01. The van der Waals surface area contributed by atoms with Gasteiger partial charge in [0.2, 0.25) is 15.1 Å². The van der Waals surface area contributed by atoms with Crippen LogP contribution in [-0.4, -0.2) is 39.5 Å². The first-order valence-electron chi connectivity index (χ1n) is 5.89. The highest BCUT2D eigenvalue weighted by atomic mass is 32.2. The number of rotatable bonds is 5. The molecule has 6 nitrogen and oxygen atoms in total. The van der Waals surface area contributed by atoms with Crippen molar-refractivity contribution in [3.8, 4) is 11.5 Å².